The monoisotopic (exact) mass is 446 g/mol. The Balaban J connectivity index is 1.43. The van der Waals surface area contributed by atoms with Crippen LogP contribution in [0.1, 0.15) is 10.4 Å². The number of nitrogens with zero attached hydrogens (tertiary/aromatic N) is 2. The summed E-state index contributed by atoms with van der Waals surface area (Å²) in [5, 5.41) is 16.8. The highest BCUT2D eigenvalue weighted by atomic mass is 19.1. The lowest BCUT2D eigenvalue weighted by atomic mass is 10.1. The van der Waals surface area contributed by atoms with Crippen LogP contribution in [0.4, 0.5) is 15.8 Å². The molecule has 0 aliphatic rings. The standard InChI is InChI=1S/C24H19FN4O4/c25-17-11-9-16(10-12-17)22-15-28-24(33-22)19-6-2-1-5-18(19)23(30)27-14-13-26-20-7-3-4-8-21(20)29(31)32/h1-12,15,26H,13-14H2,(H,27,30). The number of benzene rings is 3. The van der Waals surface area contributed by atoms with Gasteiger partial charge in [0.2, 0.25) is 5.89 Å². The molecule has 166 valence electrons. The van der Waals surface area contributed by atoms with Gasteiger partial charge in [0, 0.05) is 30.3 Å². The third-order valence-electron chi connectivity index (χ3n) is 4.86. The molecule has 0 aliphatic carbocycles. The molecule has 8 nitrogen and oxygen atoms in total. The molecule has 0 unspecified atom stereocenters. The van der Waals surface area contributed by atoms with Crippen LogP contribution in [0.3, 0.4) is 0 Å². The molecule has 0 radical (unpaired) electrons. The van der Waals surface area contributed by atoms with Crippen LogP contribution in [0.25, 0.3) is 22.8 Å². The van der Waals surface area contributed by atoms with Crippen LogP contribution >= 0.6 is 0 Å². The van der Waals surface area contributed by atoms with E-state index in [1.807, 2.05) is 0 Å². The summed E-state index contributed by atoms with van der Waals surface area (Å²) in [7, 11) is 0. The number of carbonyl (C=O) groups is 1. The Morgan fingerprint density at radius 1 is 1.00 bits per heavy atom. The number of anilines is 1. The topological polar surface area (TPSA) is 110 Å². The predicted molar refractivity (Wildman–Crippen MR) is 121 cm³/mol. The molecule has 0 saturated heterocycles. The molecular formula is C24H19FN4O4. The van der Waals surface area contributed by atoms with Crippen molar-refractivity contribution in [3.05, 3.63) is 100 Å². The first-order valence-corrected chi connectivity index (χ1v) is 10.1. The molecular weight excluding hydrogens is 427 g/mol. The molecule has 33 heavy (non-hydrogen) atoms. The van der Waals surface area contributed by atoms with Crippen molar-refractivity contribution in [2.75, 3.05) is 18.4 Å². The fraction of sp³-hybridized carbons (Fsp3) is 0.0833. The van der Waals surface area contributed by atoms with Crippen molar-refractivity contribution in [2.24, 2.45) is 0 Å². The number of nitro benzene ring substituents is 1. The molecule has 1 heterocycles. The number of halogens is 1. The fourth-order valence-electron chi connectivity index (χ4n) is 3.26. The first-order chi connectivity index (χ1) is 16.0. The third-order valence-corrected chi connectivity index (χ3v) is 4.86. The Kier molecular flexibility index (Phi) is 6.40. The second-order valence-corrected chi connectivity index (χ2v) is 7.04. The average molecular weight is 446 g/mol. The number of oxazole rings is 1. The summed E-state index contributed by atoms with van der Waals surface area (Å²) in [6.45, 7) is 0.540. The largest absolute Gasteiger partial charge is 0.436 e. The molecule has 1 amide bonds. The van der Waals surface area contributed by atoms with Gasteiger partial charge in [0.1, 0.15) is 11.5 Å². The van der Waals surface area contributed by atoms with Crippen molar-refractivity contribution in [1.82, 2.24) is 10.3 Å². The van der Waals surface area contributed by atoms with Gasteiger partial charge in [-0.05, 0) is 42.5 Å². The Morgan fingerprint density at radius 2 is 1.73 bits per heavy atom. The quantitative estimate of drug-likeness (QED) is 0.226. The molecule has 0 saturated carbocycles. The van der Waals surface area contributed by atoms with E-state index in [9.17, 15) is 19.3 Å². The summed E-state index contributed by atoms with van der Waals surface area (Å²) in [5.41, 5.74) is 1.89. The van der Waals surface area contributed by atoms with E-state index in [2.05, 4.69) is 15.6 Å². The summed E-state index contributed by atoms with van der Waals surface area (Å²) in [5.74, 6) is 0.0281. The van der Waals surface area contributed by atoms with Crippen molar-refractivity contribution in [2.45, 2.75) is 0 Å². The Labute approximate surface area is 188 Å². The second kappa shape index (κ2) is 9.73. The molecule has 3 aromatic carbocycles. The van der Waals surface area contributed by atoms with Gasteiger partial charge in [-0.3, -0.25) is 14.9 Å². The summed E-state index contributed by atoms with van der Waals surface area (Å²) in [6.07, 6.45) is 1.52. The lowest BCUT2D eigenvalue weighted by molar-refractivity contribution is -0.384. The van der Waals surface area contributed by atoms with Crippen molar-refractivity contribution in [1.29, 1.82) is 0 Å². The number of carbonyl (C=O) groups excluding carboxylic acids is 1. The van der Waals surface area contributed by atoms with Gasteiger partial charge in [-0.2, -0.15) is 0 Å². The van der Waals surface area contributed by atoms with Gasteiger partial charge in [0.25, 0.3) is 11.6 Å². The number of amides is 1. The van der Waals surface area contributed by atoms with Gasteiger partial charge >= 0.3 is 0 Å². The summed E-state index contributed by atoms with van der Waals surface area (Å²) in [6, 6.07) is 19.0. The number of hydrogen-bond donors (Lipinski definition) is 2. The third kappa shape index (κ3) is 5.04. The minimum atomic E-state index is -0.465. The number of nitro groups is 1. The van der Waals surface area contributed by atoms with Crippen LogP contribution in [0.15, 0.2) is 83.4 Å². The molecule has 9 heteroatoms. The van der Waals surface area contributed by atoms with E-state index in [1.165, 1.54) is 24.4 Å². The summed E-state index contributed by atoms with van der Waals surface area (Å²) < 4.78 is 19.0. The van der Waals surface area contributed by atoms with E-state index in [0.29, 0.717) is 34.7 Å². The summed E-state index contributed by atoms with van der Waals surface area (Å²) in [4.78, 5) is 27.7. The minimum Gasteiger partial charge on any atom is -0.436 e. The first kappa shape index (κ1) is 21.7. The molecule has 0 bridgehead atoms. The number of nitrogens with one attached hydrogen (secondary N) is 2. The lowest BCUT2D eigenvalue weighted by Crippen LogP contribution is -2.29. The molecule has 0 aliphatic heterocycles. The zero-order valence-corrected chi connectivity index (χ0v) is 17.3. The van der Waals surface area contributed by atoms with Crippen LogP contribution in [-0.4, -0.2) is 28.9 Å². The maximum atomic E-state index is 13.2. The zero-order valence-electron chi connectivity index (χ0n) is 17.3. The molecule has 2 N–H and O–H groups in total. The number of para-hydroxylation sites is 2. The zero-order chi connectivity index (χ0) is 23.2. The number of rotatable bonds is 8. The molecule has 1 aromatic heterocycles. The highest BCUT2D eigenvalue weighted by molar-refractivity contribution is 6.00. The number of hydrogen-bond acceptors (Lipinski definition) is 6. The van der Waals surface area contributed by atoms with E-state index in [-0.39, 0.29) is 29.8 Å². The van der Waals surface area contributed by atoms with Crippen LogP contribution < -0.4 is 10.6 Å². The number of aromatic nitrogens is 1. The van der Waals surface area contributed by atoms with Gasteiger partial charge in [0.05, 0.1) is 16.7 Å². The van der Waals surface area contributed by atoms with Gasteiger partial charge in [0.15, 0.2) is 5.76 Å². The van der Waals surface area contributed by atoms with Crippen molar-refractivity contribution < 1.29 is 18.5 Å². The molecule has 4 rings (SSSR count). The summed E-state index contributed by atoms with van der Waals surface area (Å²) >= 11 is 0. The smallest absolute Gasteiger partial charge is 0.292 e. The van der Waals surface area contributed by atoms with Crippen LogP contribution in [0.5, 0.6) is 0 Å². The molecule has 0 atom stereocenters. The fourth-order valence-corrected chi connectivity index (χ4v) is 3.26. The highest BCUT2D eigenvalue weighted by Crippen LogP contribution is 2.28. The van der Waals surface area contributed by atoms with Crippen molar-refractivity contribution in [3.63, 3.8) is 0 Å². The van der Waals surface area contributed by atoms with Crippen LogP contribution in [0.2, 0.25) is 0 Å². The van der Waals surface area contributed by atoms with E-state index in [1.54, 1.807) is 54.6 Å². The normalized spacial score (nSPS) is 10.6. The predicted octanol–water partition coefficient (Wildman–Crippen LogP) is 4.90. The van der Waals surface area contributed by atoms with Gasteiger partial charge in [-0.25, -0.2) is 9.37 Å². The van der Waals surface area contributed by atoms with E-state index in [4.69, 9.17) is 4.42 Å². The average Bonchev–Trinajstić information content (AvgIpc) is 3.32. The Hall–Kier alpha value is -4.53. The maximum Gasteiger partial charge on any atom is 0.292 e. The Morgan fingerprint density at radius 3 is 2.52 bits per heavy atom. The Bertz CT molecular complexity index is 1290. The lowest BCUT2D eigenvalue weighted by Gasteiger charge is -2.10. The van der Waals surface area contributed by atoms with E-state index >= 15 is 0 Å². The highest BCUT2D eigenvalue weighted by Gasteiger charge is 2.17. The first-order valence-electron chi connectivity index (χ1n) is 10.1. The van der Waals surface area contributed by atoms with Crippen molar-refractivity contribution in [3.8, 4) is 22.8 Å². The SMILES string of the molecule is O=C(NCCNc1ccccc1[N+](=O)[O-])c1ccccc1-c1ncc(-c2ccc(F)cc2)o1. The van der Waals surface area contributed by atoms with Gasteiger partial charge < -0.3 is 15.1 Å². The van der Waals surface area contributed by atoms with Gasteiger partial charge in [-0.15, -0.1) is 0 Å². The van der Waals surface area contributed by atoms with Crippen LogP contribution in [-0.2, 0) is 0 Å². The minimum absolute atomic E-state index is 0.0324. The van der Waals surface area contributed by atoms with E-state index < -0.39 is 4.92 Å². The molecule has 4 aromatic rings. The molecule has 0 fully saturated rings. The maximum absolute atomic E-state index is 13.2. The van der Waals surface area contributed by atoms with Crippen molar-refractivity contribution >= 4 is 17.3 Å². The molecule has 0 spiro atoms. The van der Waals surface area contributed by atoms with Crippen LogP contribution in [0, 0.1) is 15.9 Å². The second-order valence-electron chi connectivity index (χ2n) is 7.04. The van der Waals surface area contributed by atoms with E-state index in [0.717, 1.165) is 0 Å². The van der Waals surface area contributed by atoms with Gasteiger partial charge in [-0.1, -0.05) is 24.3 Å².